The number of halogens is 1. The maximum atomic E-state index is 13.1. The molecule has 25 heavy (non-hydrogen) atoms. The Balaban J connectivity index is 1.21. The van der Waals surface area contributed by atoms with E-state index in [1.165, 1.54) is 12.1 Å². The third-order valence-corrected chi connectivity index (χ3v) is 6.06. The number of carbonyl (C=O) groups is 1. The monoisotopic (exact) mass is 346 g/mol. The maximum absolute atomic E-state index is 13.1. The second-order valence-electron chi connectivity index (χ2n) is 7.57. The summed E-state index contributed by atoms with van der Waals surface area (Å²) in [5.41, 5.74) is 1.12. The number of hydrogen-bond donors (Lipinski definition) is 0. The standard InChI is InChI=1S/C19H27FN4O/c1-21-17(6-7-19(21)25)12-22-13-18(14-22)24-10-8-23(9-11-24)16-4-2-15(20)3-5-16/h2-5,17-18H,6-14H2,1H3. The van der Waals surface area contributed by atoms with E-state index >= 15 is 0 Å². The van der Waals surface area contributed by atoms with E-state index in [1.807, 2.05) is 24.1 Å². The first-order valence-electron chi connectivity index (χ1n) is 9.33. The van der Waals surface area contributed by atoms with Crippen LogP contribution in [0, 0.1) is 5.82 Å². The molecule has 0 aromatic heterocycles. The van der Waals surface area contributed by atoms with Crippen molar-refractivity contribution in [3.8, 4) is 0 Å². The van der Waals surface area contributed by atoms with Gasteiger partial charge < -0.3 is 9.80 Å². The first-order valence-corrected chi connectivity index (χ1v) is 9.33. The molecule has 0 bridgehead atoms. The highest BCUT2D eigenvalue weighted by molar-refractivity contribution is 5.78. The molecule has 1 atom stereocenters. The summed E-state index contributed by atoms with van der Waals surface area (Å²) in [5.74, 6) is 0.116. The fourth-order valence-corrected chi connectivity index (χ4v) is 4.30. The second kappa shape index (κ2) is 6.92. The summed E-state index contributed by atoms with van der Waals surface area (Å²) >= 11 is 0. The summed E-state index contributed by atoms with van der Waals surface area (Å²) in [6, 6.07) is 7.87. The number of amides is 1. The summed E-state index contributed by atoms with van der Waals surface area (Å²) < 4.78 is 13.1. The van der Waals surface area contributed by atoms with Crippen LogP contribution in [0.2, 0.25) is 0 Å². The number of nitrogens with zero attached hydrogens (tertiary/aromatic N) is 4. The molecular weight excluding hydrogens is 319 g/mol. The maximum Gasteiger partial charge on any atom is 0.222 e. The van der Waals surface area contributed by atoms with Gasteiger partial charge in [-0.2, -0.15) is 0 Å². The molecule has 1 amide bonds. The summed E-state index contributed by atoms with van der Waals surface area (Å²) in [5, 5.41) is 0. The Hall–Kier alpha value is -1.66. The number of piperazine rings is 1. The number of likely N-dealkylation sites (N-methyl/N-ethyl adjacent to an activating group) is 1. The Morgan fingerprint density at radius 3 is 2.36 bits per heavy atom. The lowest BCUT2D eigenvalue weighted by molar-refractivity contribution is -0.128. The molecule has 3 aliphatic heterocycles. The first-order chi connectivity index (χ1) is 12.1. The van der Waals surface area contributed by atoms with Gasteiger partial charge >= 0.3 is 0 Å². The van der Waals surface area contributed by atoms with Crippen molar-refractivity contribution in [2.75, 3.05) is 57.8 Å². The molecule has 4 rings (SSSR count). The van der Waals surface area contributed by atoms with Gasteiger partial charge in [-0.15, -0.1) is 0 Å². The number of benzene rings is 1. The Morgan fingerprint density at radius 2 is 1.76 bits per heavy atom. The zero-order valence-corrected chi connectivity index (χ0v) is 14.9. The highest BCUT2D eigenvalue weighted by Gasteiger charge is 2.37. The van der Waals surface area contributed by atoms with Crippen LogP contribution >= 0.6 is 0 Å². The first kappa shape index (κ1) is 16.8. The number of carbonyl (C=O) groups excluding carboxylic acids is 1. The van der Waals surface area contributed by atoms with Gasteiger partial charge in [0, 0.05) is 77.1 Å². The quantitative estimate of drug-likeness (QED) is 0.821. The highest BCUT2D eigenvalue weighted by atomic mass is 19.1. The van der Waals surface area contributed by atoms with Crippen molar-refractivity contribution in [2.45, 2.75) is 24.9 Å². The minimum atomic E-state index is -0.174. The van der Waals surface area contributed by atoms with Gasteiger partial charge in [-0.3, -0.25) is 14.6 Å². The van der Waals surface area contributed by atoms with Crippen LogP contribution in [0.15, 0.2) is 24.3 Å². The van der Waals surface area contributed by atoms with Gasteiger partial charge in [0.25, 0.3) is 0 Å². The molecule has 3 aliphatic rings. The van der Waals surface area contributed by atoms with E-state index in [4.69, 9.17) is 0 Å². The number of likely N-dealkylation sites (tertiary alicyclic amines) is 2. The van der Waals surface area contributed by atoms with Crippen molar-refractivity contribution < 1.29 is 9.18 Å². The molecule has 5 nitrogen and oxygen atoms in total. The molecule has 0 radical (unpaired) electrons. The highest BCUT2D eigenvalue weighted by Crippen LogP contribution is 2.24. The van der Waals surface area contributed by atoms with Gasteiger partial charge in [0.05, 0.1) is 0 Å². The third kappa shape index (κ3) is 3.51. The number of rotatable bonds is 4. The summed E-state index contributed by atoms with van der Waals surface area (Å²) in [6.45, 7) is 7.40. The van der Waals surface area contributed by atoms with Crippen LogP contribution in [0.25, 0.3) is 0 Å². The average Bonchev–Trinajstić information content (AvgIpc) is 2.91. The molecule has 3 heterocycles. The van der Waals surface area contributed by atoms with Crippen molar-refractivity contribution >= 4 is 11.6 Å². The third-order valence-electron chi connectivity index (χ3n) is 6.06. The Kier molecular flexibility index (Phi) is 4.65. The Morgan fingerprint density at radius 1 is 1.08 bits per heavy atom. The van der Waals surface area contributed by atoms with Crippen LogP contribution in [0.3, 0.4) is 0 Å². The topological polar surface area (TPSA) is 30.0 Å². The van der Waals surface area contributed by atoms with Crippen LogP contribution in [0.4, 0.5) is 10.1 Å². The van der Waals surface area contributed by atoms with Crippen LogP contribution in [0.1, 0.15) is 12.8 Å². The van der Waals surface area contributed by atoms with Crippen molar-refractivity contribution in [1.82, 2.24) is 14.7 Å². The summed E-state index contributed by atoms with van der Waals surface area (Å²) in [6.07, 6.45) is 1.72. The largest absolute Gasteiger partial charge is 0.369 e. The molecule has 136 valence electrons. The second-order valence-corrected chi connectivity index (χ2v) is 7.57. The predicted molar refractivity (Wildman–Crippen MR) is 96.2 cm³/mol. The number of anilines is 1. The molecule has 0 aliphatic carbocycles. The minimum Gasteiger partial charge on any atom is -0.369 e. The fourth-order valence-electron chi connectivity index (χ4n) is 4.30. The summed E-state index contributed by atoms with van der Waals surface area (Å²) in [4.78, 5) is 21.0. The van der Waals surface area contributed by atoms with Gasteiger partial charge in [-0.05, 0) is 30.7 Å². The smallest absolute Gasteiger partial charge is 0.222 e. The van der Waals surface area contributed by atoms with Crippen molar-refractivity contribution in [3.05, 3.63) is 30.1 Å². The molecular formula is C19H27FN4O. The van der Waals surface area contributed by atoms with Crippen molar-refractivity contribution in [1.29, 1.82) is 0 Å². The minimum absolute atomic E-state index is 0.174. The number of hydrogen-bond acceptors (Lipinski definition) is 4. The SMILES string of the molecule is CN1C(=O)CCC1CN1CC(N2CCN(c3ccc(F)cc3)CC2)C1. The fraction of sp³-hybridized carbons (Fsp3) is 0.632. The predicted octanol–water partition coefficient (Wildman–Crippen LogP) is 1.25. The van der Waals surface area contributed by atoms with Gasteiger partial charge in [-0.25, -0.2) is 4.39 Å². The van der Waals surface area contributed by atoms with Gasteiger partial charge in [-0.1, -0.05) is 0 Å². The summed E-state index contributed by atoms with van der Waals surface area (Å²) in [7, 11) is 1.94. The van der Waals surface area contributed by atoms with E-state index in [1.54, 1.807) is 0 Å². The van der Waals surface area contributed by atoms with Crippen molar-refractivity contribution in [2.24, 2.45) is 0 Å². The van der Waals surface area contributed by atoms with E-state index in [0.717, 1.165) is 57.9 Å². The lowest BCUT2D eigenvalue weighted by atomic mass is 10.0. The van der Waals surface area contributed by atoms with Crippen LogP contribution < -0.4 is 4.90 Å². The molecule has 0 saturated carbocycles. The van der Waals surface area contributed by atoms with Gasteiger partial charge in [0.2, 0.25) is 5.91 Å². The molecule has 0 spiro atoms. The van der Waals surface area contributed by atoms with E-state index in [0.29, 0.717) is 24.4 Å². The Labute approximate surface area is 149 Å². The molecule has 6 heteroatoms. The molecule has 1 unspecified atom stereocenters. The zero-order valence-electron chi connectivity index (χ0n) is 14.9. The molecule has 3 saturated heterocycles. The molecule has 3 fully saturated rings. The van der Waals surface area contributed by atoms with E-state index < -0.39 is 0 Å². The molecule has 1 aromatic carbocycles. The van der Waals surface area contributed by atoms with E-state index in [2.05, 4.69) is 14.7 Å². The van der Waals surface area contributed by atoms with Gasteiger partial charge in [0.15, 0.2) is 0 Å². The van der Waals surface area contributed by atoms with Crippen LogP contribution in [0.5, 0.6) is 0 Å². The normalized spacial score (nSPS) is 26.3. The molecule has 1 aromatic rings. The van der Waals surface area contributed by atoms with Crippen LogP contribution in [-0.2, 0) is 4.79 Å². The lowest BCUT2D eigenvalue weighted by Gasteiger charge is -2.49. The van der Waals surface area contributed by atoms with E-state index in [-0.39, 0.29) is 5.82 Å². The van der Waals surface area contributed by atoms with E-state index in [9.17, 15) is 9.18 Å². The molecule has 0 N–H and O–H groups in total. The van der Waals surface area contributed by atoms with Crippen LogP contribution in [-0.4, -0.2) is 85.6 Å². The van der Waals surface area contributed by atoms with Crippen molar-refractivity contribution in [3.63, 3.8) is 0 Å². The zero-order chi connectivity index (χ0) is 17.4. The lowest BCUT2D eigenvalue weighted by Crippen LogP contribution is -2.64. The Bertz CT molecular complexity index is 608. The average molecular weight is 346 g/mol. The van der Waals surface area contributed by atoms with Gasteiger partial charge in [0.1, 0.15) is 5.82 Å².